The highest BCUT2D eigenvalue weighted by molar-refractivity contribution is 5.90. The number of benzene rings is 1. The van der Waals surface area contributed by atoms with Gasteiger partial charge in [-0.2, -0.15) is 5.26 Å². The van der Waals surface area contributed by atoms with Gasteiger partial charge in [-0.05, 0) is 32.4 Å². The van der Waals surface area contributed by atoms with Gasteiger partial charge >= 0.3 is 0 Å². The van der Waals surface area contributed by atoms with E-state index in [0.717, 1.165) is 22.3 Å². The highest BCUT2D eigenvalue weighted by Gasteiger charge is 2.11. The fourth-order valence-electron chi connectivity index (χ4n) is 2.59. The number of imidazole rings is 1. The number of aryl methyl sites for hydroxylation is 2. The van der Waals surface area contributed by atoms with Crippen LogP contribution >= 0.6 is 0 Å². The molecule has 134 valence electrons. The molecule has 0 fully saturated rings. The molecular formula is C19H22N6O. The third-order valence-electron chi connectivity index (χ3n) is 4.00. The lowest BCUT2D eigenvalue weighted by atomic mass is 10.2. The maximum Gasteiger partial charge on any atom is 0.148 e. The third kappa shape index (κ3) is 3.76. The van der Waals surface area contributed by atoms with Gasteiger partial charge in [0.15, 0.2) is 0 Å². The molecule has 3 aromatic rings. The minimum absolute atomic E-state index is 0.374. The zero-order valence-electron chi connectivity index (χ0n) is 15.4. The van der Waals surface area contributed by atoms with Crippen molar-refractivity contribution in [1.82, 2.24) is 19.9 Å². The Morgan fingerprint density at radius 2 is 2.08 bits per heavy atom. The maximum absolute atomic E-state index is 8.95. The van der Waals surface area contributed by atoms with Crippen molar-refractivity contribution in [2.75, 3.05) is 12.0 Å². The first-order chi connectivity index (χ1) is 12.5. The van der Waals surface area contributed by atoms with Gasteiger partial charge < -0.3 is 14.6 Å². The zero-order valence-corrected chi connectivity index (χ0v) is 15.4. The zero-order chi connectivity index (χ0) is 18.7. The molecule has 2 heterocycles. The van der Waals surface area contributed by atoms with Crippen LogP contribution in [0.1, 0.15) is 25.1 Å². The summed E-state index contributed by atoms with van der Waals surface area (Å²) in [6.07, 6.45) is 3.36. The Balaban J connectivity index is 1.93. The first-order valence-electron chi connectivity index (χ1n) is 8.45. The van der Waals surface area contributed by atoms with E-state index in [4.69, 9.17) is 10.00 Å². The summed E-state index contributed by atoms with van der Waals surface area (Å²) in [5.74, 6) is 1.31. The van der Waals surface area contributed by atoms with Crippen LogP contribution in [0.15, 0.2) is 30.7 Å². The van der Waals surface area contributed by atoms with Gasteiger partial charge in [-0.15, -0.1) is 0 Å². The van der Waals surface area contributed by atoms with Crippen molar-refractivity contribution < 1.29 is 4.74 Å². The first kappa shape index (κ1) is 17.7. The Hall–Kier alpha value is -3.11. The quantitative estimate of drug-likeness (QED) is 0.663. The van der Waals surface area contributed by atoms with Crippen LogP contribution in [0.4, 0.5) is 5.69 Å². The largest absolute Gasteiger partial charge is 0.455 e. The van der Waals surface area contributed by atoms with Crippen LogP contribution in [0.3, 0.4) is 0 Å². The monoisotopic (exact) mass is 350 g/mol. The van der Waals surface area contributed by atoms with Crippen molar-refractivity contribution in [3.8, 4) is 17.6 Å². The molecule has 7 heteroatoms. The normalized spacial score (nSPS) is 10.9. The minimum Gasteiger partial charge on any atom is -0.455 e. The summed E-state index contributed by atoms with van der Waals surface area (Å²) in [6, 6.07) is 8.00. The van der Waals surface area contributed by atoms with Crippen molar-refractivity contribution in [2.45, 2.75) is 26.8 Å². The molecule has 0 amide bonds. The van der Waals surface area contributed by atoms with E-state index in [0.29, 0.717) is 29.9 Å². The van der Waals surface area contributed by atoms with Gasteiger partial charge in [-0.25, -0.2) is 9.97 Å². The molecule has 0 saturated heterocycles. The minimum atomic E-state index is 0.374. The van der Waals surface area contributed by atoms with E-state index in [2.05, 4.69) is 34.4 Å². The molecule has 1 aromatic carbocycles. The number of nitriles is 1. The Labute approximate surface area is 152 Å². The number of hydrogen-bond donors (Lipinski definition) is 2. The average Bonchev–Trinajstić information content (AvgIpc) is 2.98. The van der Waals surface area contributed by atoms with Crippen LogP contribution in [-0.2, 0) is 7.05 Å². The number of aromatic nitrogens is 3. The second-order valence-corrected chi connectivity index (χ2v) is 6.46. The van der Waals surface area contributed by atoms with Gasteiger partial charge in [-0.3, -0.25) is 5.32 Å². The van der Waals surface area contributed by atoms with Crippen molar-refractivity contribution >= 4 is 16.7 Å². The number of ether oxygens (including phenoxy) is 1. The average molecular weight is 350 g/mol. The first-order valence-corrected chi connectivity index (χ1v) is 8.45. The standard InChI is InChI=1S/C19H22N6O/c1-12(2)22-10-23-16-6-15(7-17-19(16)24-11-25(17)4)26-18-9-21-14(8-20)5-13(18)3/h5-7,9,11-12,22-23H,10H2,1-4H3. The van der Waals surface area contributed by atoms with E-state index in [1.807, 2.05) is 36.7 Å². The fourth-order valence-corrected chi connectivity index (χ4v) is 2.59. The number of fused-ring (bicyclic) bond motifs is 1. The van der Waals surface area contributed by atoms with E-state index in [1.54, 1.807) is 18.6 Å². The molecule has 3 rings (SSSR count). The van der Waals surface area contributed by atoms with E-state index in [-0.39, 0.29) is 0 Å². The van der Waals surface area contributed by atoms with Crippen LogP contribution in [0.25, 0.3) is 11.0 Å². The third-order valence-corrected chi connectivity index (χ3v) is 4.00. The van der Waals surface area contributed by atoms with E-state index in [1.165, 1.54) is 0 Å². The highest BCUT2D eigenvalue weighted by Crippen LogP contribution is 2.32. The Bertz CT molecular complexity index is 970. The van der Waals surface area contributed by atoms with Crippen LogP contribution in [-0.4, -0.2) is 27.2 Å². The Morgan fingerprint density at radius 3 is 2.77 bits per heavy atom. The molecule has 2 aromatic heterocycles. The number of nitrogens with zero attached hydrogens (tertiary/aromatic N) is 4. The number of rotatable bonds is 6. The second kappa shape index (κ2) is 7.42. The van der Waals surface area contributed by atoms with Crippen LogP contribution < -0.4 is 15.4 Å². The van der Waals surface area contributed by atoms with Crippen LogP contribution in [0.5, 0.6) is 11.5 Å². The van der Waals surface area contributed by atoms with Gasteiger partial charge in [0.1, 0.15) is 28.8 Å². The molecule has 2 N–H and O–H groups in total. The van der Waals surface area contributed by atoms with E-state index >= 15 is 0 Å². The van der Waals surface area contributed by atoms with Crippen LogP contribution in [0, 0.1) is 18.3 Å². The van der Waals surface area contributed by atoms with E-state index < -0.39 is 0 Å². The molecule has 0 bridgehead atoms. The summed E-state index contributed by atoms with van der Waals surface area (Å²) in [5.41, 5.74) is 3.98. The maximum atomic E-state index is 8.95. The van der Waals surface area contributed by atoms with Crippen molar-refractivity contribution in [3.63, 3.8) is 0 Å². The SMILES string of the molecule is Cc1cc(C#N)ncc1Oc1cc(NCNC(C)C)c2ncn(C)c2c1. The summed E-state index contributed by atoms with van der Waals surface area (Å²) in [7, 11) is 1.95. The molecular weight excluding hydrogens is 328 g/mol. The molecule has 0 atom stereocenters. The van der Waals surface area contributed by atoms with Gasteiger partial charge in [0, 0.05) is 25.2 Å². The molecule has 0 unspecified atom stereocenters. The fraction of sp³-hybridized carbons (Fsp3) is 0.316. The van der Waals surface area contributed by atoms with E-state index in [9.17, 15) is 0 Å². The molecule has 7 nitrogen and oxygen atoms in total. The van der Waals surface area contributed by atoms with Crippen molar-refractivity contribution in [1.29, 1.82) is 5.26 Å². The molecule has 0 aliphatic heterocycles. The van der Waals surface area contributed by atoms with Gasteiger partial charge in [0.25, 0.3) is 0 Å². The lowest BCUT2D eigenvalue weighted by molar-refractivity contribution is 0.477. The van der Waals surface area contributed by atoms with Gasteiger partial charge in [-0.1, -0.05) is 0 Å². The number of anilines is 1. The number of pyridine rings is 1. The topological polar surface area (TPSA) is 87.8 Å². The number of nitrogens with one attached hydrogen (secondary N) is 2. The van der Waals surface area contributed by atoms with Gasteiger partial charge in [0.2, 0.25) is 0 Å². The molecule has 0 radical (unpaired) electrons. The predicted octanol–water partition coefficient (Wildman–Crippen LogP) is 3.31. The summed E-state index contributed by atoms with van der Waals surface area (Å²) >= 11 is 0. The molecule has 0 aliphatic rings. The summed E-state index contributed by atoms with van der Waals surface area (Å²) in [6.45, 7) is 6.72. The number of hydrogen-bond acceptors (Lipinski definition) is 6. The Morgan fingerprint density at radius 1 is 1.27 bits per heavy atom. The molecule has 0 saturated carbocycles. The molecule has 0 aliphatic carbocycles. The molecule has 0 spiro atoms. The summed E-state index contributed by atoms with van der Waals surface area (Å²) < 4.78 is 7.99. The lowest BCUT2D eigenvalue weighted by Gasteiger charge is -2.14. The van der Waals surface area contributed by atoms with Crippen LogP contribution in [0.2, 0.25) is 0 Å². The van der Waals surface area contributed by atoms with Crippen molar-refractivity contribution in [2.24, 2.45) is 7.05 Å². The highest BCUT2D eigenvalue weighted by atomic mass is 16.5. The van der Waals surface area contributed by atoms with Crippen molar-refractivity contribution in [3.05, 3.63) is 42.0 Å². The summed E-state index contributed by atoms with van der Waals surface area (Å²) in [4.78, 5) is 8.56. The summed E-state index contributed by atoms with van der Waals surface area (Å²) in [5, 5.41) is 15.6. The smallest absolute Gasteiger partial charge is 0.148 e. The van der Waals surface area contributed by atoms with Gasteiger partial charge in [0.05, 0.1) is 30.4 Å². The molecule has 26 heavy (non-hydrogen) atoms. The second-order valence-electron chi connectivity index (χ2n) is 6.46. The predicted molar refractivity (Wildman–Crippen MR) is 101 cm³/mol. The Kier molecular flexibility index (Phi) is 5.05. The lowest BCUT2D eigenvalue weighted by Crippen LogP contribution is -2.28.